The second kappa shape index (κ2) is 4.55. The minimum atomic E-state index is 0.163. The molecule has 1 aliphatic heterocycles. The Morgan fingerprint density at radius 3 is 2.80 bits per heavy atom. The van der Waals surface area contributed by atoms with Crippen LogP contribution in [0.15, 0.2) is 14.3 Å². The van der Waals surface area contributed by atoms with Gasteiger partial charge in [0.05, 0.1) is 8.66 Å². The molecule has 0 radical (unpaired) electrons. The largest absolute Gasteiger partial charge is 0.338 e. The first kappa shape index (κ1) is 11.6. The first-order chi connectivity index (χ1) is 7.08. The summed E-state index contributed by atoms with van der Waals surface area (Å²) in [6, 6.07) is 1.89. The third kappa shape index (κ3) is 2.45. The van der Waals surface area contributed by atoms with Crippen LogP contribution in [-0.2, 0) is 0 Å². The van der Waals surface area contributed by atoms with Crippen LogP contribution >= 0.6 is 43.2 Å². The van der Waals surface area contributed by atoms with E-state index in [1.807, 2.05) is 11.0 Å². The molecule has 2 rings (SSSR count). The van der Waals surface area contributed by atoms with E-state index in [2.05, 4.69) is 38.8 Å². The average Bonchev–Trinajstić information content (AvgIpc) is 2.74. The van der Waals surface area contributed by atoms with E-state index < -0.39 is 0 Å². The molecule has 1 unspecified atom stereocenters. The van der Waals surface area contributed by atoms with Gasteiger partial charge in [-0.2, -0.15) is 0 Å². The number of likely N-dealkylation sites (tertiary alicyclic amines) is 1. The maximum absolute atomic E-state index is 12.1. The Bertz CT molecular complexity index is 371. The van der Waals surface area contributed by atoms with Crippen LogP contribution in [0.3, 0.4) is 0 Å². The number of carbonyl (C=O) groups excluding carboxylic acids is 1. The van der Waals surface area contributed by atoms with Crippen molar-refractivity contribution in [2.75, 3.05) is 13.1 Å². The number of thiophene rings is 1. The maximum atomic E-state index is 12.1. The van der Waals surface area contributed by atoms with Gasteiger partial charge in [-0.05, 0) is 50.3 Å². The highest BCUT2D eigenvalue weighted by molar-refractivity contribution is 9.13. The Labute approximate surface area is 110 Å². The number of rotatable bonds is 1. The third-order valence-electron chi connectivity index (χ3n) is 2.57. The van der Waals surface area contributed by atoms with E-state index in [-0.39, 0.29) is 5.91 Å². The fraction of sp³-hybridized carbons (Fsp3) is 0.500. The van der Waals surface area contributed by atoms with Gasteiger partial charge in [-0.25, -0.2) is 0 Å². The van der Waals surface area contributed by atoms with Crippen molar-refractivity contribution in [2.24, 2.45) is 5.92 Å². The van der Waals surface area contributed by atoms with Gasteiger partial charge < -0.3 is 4.90 Å². The summed E-state index contributed by atoms with van der Waals surface area (Å²) >= 11 is 8.29. The van der Waals surface area contributed by atoms with Crippen LogP contribution in [-0.4, -0.2) is 23.9 Å². The van der Waals surface area contributed by atoms with Crippen LogP contribution in [0.2, 0.25) is 0 Å². The van der Waals surface area contributed by atoms with Crippen molar-refractivity contribution < 1.29 is 4.79 Å². The average molecular weight is 353 g/mol. The summed E-state index contributed by atoms with van der Waals surface area (Å²) in [6.07, 6.45) is 1.12. The lowest BCUT2D eigenvalue weighted by Crippen LogP contribution is -2.27. The fourth-order valence-electron chi connectivity index (χ4n) is 1.73. The number of carbonyl (C=O) groups is 1. The summed E-state index contributed by atoms with van der Waals surface area (Å²) in [5.41, 5.74) is 0. The number of nitrogens with zero attached hydrogens (tertiary/aromatic N) is 1. The zero-order valence-corrected chi connectivity index (χ0v) is 12.3. The van der Waals surface area contributed by atoms with Gasteiger partial charge in [0, 0.05) is 17.6 Å². The molecule has 1 fully saturated rings. The minimum absolute atomic E-state index is 0.163. The van der Waals surface area contributed by atoms with Gasteiger partial charge in [-0.1, -0.05) is 6.92 Å². The van der Waals surface area contributed by atoms with Crippen LogP contribution in [0, 0.1) is 5.92 Å². The van der Waals surface area contributed by atoms with Gasteiger partial charge in [0.15, 0.2) is 0 Å². The van der Waals surface area contributed by atoms with E-state index in [1.165, 1.54) is 11.3 Å². The molecule has 2 nitrogen and oxygen atoms in total. The smallest absolute Gasteiger partial charge is 0.264 e. The van der Waals surface area contributed by atoms with E-state index in [1.54, 1.807) is 0 Å². The van der Waals surface area contributed by atoms with Crippen LogP contribution < -0.4 is 0 Å². The molecule has 1 aromatic heterocycles. The summed E-state index contributed by atoms with van der Waals surface area (Å²) in [4.78, 5) is 14.8. The Balaban J connectivity index is 2.14. The Morgan fingerprint density at radius 1 is 1.60 bits per heavy atom. The molecule has 15 heavy (non-hydrogen) atoms. The van der Waals surface area contributed by atoms with Crippen LogP contribution in [0.25, 0.3) is 0 Å². The lowest BCUT2D eigenvalue weighted by atomic mass is 10.2. The molecule has 0 N–H and O–H groups in total. The quantitative estimate of drug-likeness (QED) is 0.753. The van der Waals surface area contributed by atoms with Crippen molar-refractivity contribution in [1.82, 2.24) is 4.90 Å². The van der Waals surface area contributed by atoms with E-state index in [4.69, 9.17) is 0 Å². The monoisotopic (exact) mass is 351 g/mol. The van der Waals surface area contributed by atoms with E-state index in [0.29, 0.717) is 5.92 Å². The number of hydrogen-bond acceptors (Lipinski definition) is 2. The molecule has 5 heteroatoms. The summed E-state index contributed by atoms with van der Waals surface area (Å²) in [5.74, 6) is 0.802. The first-order valence-electron chi connectivity index (χ1n) is 4.82. The maximum Gasteiger partial charge on any atom is 0.264 e. The van der Waals surface area contributed by atoms with E-state index in [9.17, 15) is 4.79 Å². The molecule has 1 atom stereocenters. The summed E-state index contributed by atoms with van der Waals surface area (Å²) in [6.45, 7) is 3.98. The molecule has 0 aliphatic carbocycles. The van der Waals surface area contributed by atoms with Crippen molar-refractivity contribution in [3.63, 3.8) is 0 Å². The molecule has 1 aromatic rings. The second-order valence-corrected chi connectivity index (χ2v) is 7.10. The number of amides is 1. The van der Waals surface area contributed by atoms with Gasteiger partial charge in [0.2, 0.25) is 0 Å². The first-order valence-corrected chi connectivity index (χ1v) is 7.22. The molecule has 1 aliphatic rings. The van der Waals surface area contributed by atoms with Gasteiger partial charge >= 0.3 is 0 Å². The molecule has 0 aromatic carbocycles. The van der Waals surface area contributed by atoms with Crippen molar-refractivity contribution >= 4 is 49.1 Å². The Kier molecular flexibility index (Phi) is 3.52. The van der Waals surface area contributed by atoms with Crippen LogP contribution in [0.1, 0.15) is 23.0 Å². The summed E-state index contributed by atoms with van der Waals surface area (Å²) < 4.78 is 1.95. The lowest BCUT2D eigenvalue weighted by molar-refractivity contribution is 0.0793. The molecular formula is C10H11Br2NOS. The van der Waals surface area contributed by atoms with Gasteiger partial charge in [0.1, 0.15) is 0 Å². The molecular weight excluding hydrogens is 342 g/mol. The Morgan fingerprint density at radius 2 is 2.33 bits per heavy atom. The molecule has 1 saturated heterocycles. The minimum Gasteiger partial charge on any atom is -0.338 e. The third-order valence-corrected chi connectivity index (χ3v) is 5.81. The molecule has 2 heterocycles. The zero-order valence-electron chi connectivity index (χ0n) is 8.30. The zero-order chi connectivity index (χ0) is 11.0. The number of halogens is 2. The highest BCUT2D eigenvalue weighted by atomic mass is 79.9. The fourth-order valence-corrected chi connectivity index (χ4v) is 3.73. The normalized spacial score (nSPS) is 21.0. The number of hydrogen-bond donors (Lipinski definition) is 0. The molecule has 1 amide bonds. The standard InChI is InChI=1S/C10H11Br2NOS/c1-6-2-3-13(5-6)10(14)8-4-7(11)9(12)15-8/h4,6H,2-3,5H2,1H3. The lowest BCUT2D eigenvalue weighted by Gasteiger charge is -2.14. The van der Waals surface area contributed by atoms with Gasteiger partial charge in [-0.15, -0.1) is 11.3 Å². The topological polar surface area (TPSA) is 20.3 Å². The summed E-state index contributed by atoms with van der Waals surface area (Å²) in [5, 5.41) is 0. The predicted molar refractivity (Wildman–Crippen MR) is 69.4 cm³/mol. The molecule has 0 bridgehead atoms. The summed E-state index contributed by atoms with van der Waals surface area (Å²) in [7, 11) is 0. The van der Waals surface area contributed by atoms with Crippen molar-refractivity contribution in [2.45, 2.75) is 13.3 Å². The van der Waals surface area contributed by atoms with Crippen molar-refractivity contribution in [3.05, 3.63) is 19.2 Å². The highest BCUT2D eigenvalue weighted by Crippen LogP contribution is 2.33. The van der Waals surface area contributed by atoms with Crippen LogP contribution in [0.4, 0.5) is 0 Å². The molecule has 82 valence electrons. The van der Waals surface area contributed by atoms with Crippen molar-refractivity contribution in [1.29, 1.82) is 0 Å². The van der Waals surface area contributed by atoms with Gasteiger partial charge in [0.25, 0.3) is 5.91 Å². The van der Waals surface area contributed by atoms with E-state index in [0.717, 1.165) is 32.6 Å². The SMILES string of the molecule is CC1CCN(C(=O)c2cc(Br)c(Br)s2)C1. The van der Waals surface area contributed by atoms with E-state index >= 15 is 0 Å². The predicted octanol–water partition coefficient (Wildman–Crippen LogP) is 3.76. The molecule has 0 spiro atoms. The van der Waals surface area contributed by atoms with Crippen molar-refractivity contribution in [3.8, 4) is 0 Å². The van der Waals surface area contributed by atoms with Crippen LogP contribution in [0.5, 0.6) is 0 Å². The second-order valence-electron chi connectivity index (χ2n) is 3.88. The Hall–Kier alpha value is 0.130. The molecule has 0 saturated carbocycles. The van der Waals surface area contributed by atoms with Gasteiger partial charge in [-0.3, -0.25) is 4.79 Å². The highest BCUT2D eigenvalue weighted by Gasteiger charge is 2.25.